The fourth-order valence-electron chi connectivity index (χ4n) is 3.15. The number of phenols is 3. The number of phenolic OH excluding ortho intramolecular Hbond substituents is 3. The molecule has 0 amide bonds. The van der Waals surface area contributed by atoms with Gasteiger partial charge in [-0.1, -0.05) is 6.42 Å². The number of aromatic carboxylic acids is 1. The second kappa shape index (κ2) is 8.91. The maximum absolute atomic E-state index is 11.5. The van der Waals surface area contributed by atoms with Crippen LogP contribution in [0, 0.1) is 0 Å². The second-order valence-corrected chi connectivity index (χ2v) is 7.28. The predicted molar refractivity (Wildman–Crippen MR) is 114 cm³/mol. The molecule has 9 nitrogen and oxygen atoms in total. The van der Waals surface area contributed by atoms with Crippen LogP contribution in [0.1, 0.15) is 35.2 Å². The molecule has 1 heterocycles. The summed E-state index contributed by atoms with van der Waals surface area (Å²) < 4.78 is 0. The summed E-state index contributed by atoms with van der Waals surface area (Å²) in [7, 11) is 4.05. The van der Waals surface area contributed by atoms with E-state index in [9.17, 15) is 25.2 Å². The van der Waals surface area contributed by atoms with Gasteiger partial charge in [0, 0.05) is 18.8 Å². The Labute approximate surface area is 173 Å². The molecule has 3 aromatic rings. The van der Waals surface area contributed by atoms with Gasteiger partial charge in [0.2, 0.25) is 0 Å². The van der Waals surface area contributed by atoms with Crippen LogP contribution < -0.4 is 0 Å². The van der Waals surface area contributed by atoms with Crippen molar-refractivity contribution in [3.63, 3.8) is 0 Å². The van der Waals surface area contributed by atoms with E-state index in [0.29, 0.717) is 6.54 Å². The quantitative estimate of drug-likeness (QED) is 0.252. The summed E-state index contributed by atoms with van der Waals surface area (Å²) in [5.41, 5.74) is 0.128. The number of fused-ring (bicyclic) bond motifs is 2. The number of aromatic hydroxyl groups is 3. The first-order valence-electron chi connectivity index (χ1n) is 9.55. The van der Waals surface area contributed by atoms with Gasteiger partial charge in [0.15, 0.2) is 0 Å². The molecule has 0 aliphatic heterocycles. The number of hydrogen-bond donors (Lipinski definition) is 4. The van der Waals surface area contributed by atoms with Crippen molar-refractivity contribution in [2.45, 2.75) is 19.3 Å². The van der Waals surface area contributed by atoms with Crippen molar-refractivity contribution in [2.24, 2.45) is 4.99 Å². The molecule has 2 aromatic carbocycles. The number of carbonyl (C=O) groups is 1. The highest BCUT2D eigenvalue weighted by molar-refractivity contribution is 6.08. The van der Waals surface area contributed by atoms with Crippen molar-refractivity contribution in [1.29, 1.82) is 0 Å². The van der Waals surface area contributed by atoms with E-state index in [1.54, 1.807) is 0 Å². The van der Waals surface area contributed by atoms with Gasteiger partial charge in [0.25, 0.3) is 0 Å². The number of carboxylic acids is 1. The van der Waals surface area contributed by atoms with Gasteiger partial charge in [-0.15, -0.1) is 0 Å². The van der Waals surface area contributed by atoms with Crippen LogP contribution in [0.4, 0.5) is 0 Å². The Morgan fingerprint density at radius 2 is 1.67 bits per heavy atom. The molecule has 3 rings (SSSR count). The summed E-state index contributed by atoms with van der Waals surface area (Å²) in [6.07, 6.45) is 4.44. The van der Waals surface area contributed by atoms with E-state index in [-0.39, 0.29) is 50.4 Å². The van der Waals surface area contributed by atoms with E-state index in [1.165, 1.54) is 18.3 Å². The molecule has 0 saturated heterocycles. The monoisotopic (exact) mass is 412 g/mol. The molecule has 0 aliphatic rings. The first-order chi connectivity index (χ1) is 14.3. The number of unbranched alkanes of at least 4 members (excludes halogenated alkanes) is 2. The molecule has 1 aromatic heterocycles. The van der Waals surface area contributed by atoms with Crippen LogP contribution >= 0.6 is 0 Å². The number of hydrogen-bond acceptors (Lipinski definition) is 8. The second-order valence-electron chi connectivity index (χ2n) is 7.28. The highest BCUT2D eigenvalue weighted by atomic mass is 16.4. The number of rotatable bonds is 8. The number of aliphatic imine (C=N–C) groups is 1. The van der Waals surface area contributed by atoms with Gasteiger partial charge >= 0.3 is 5.97 Å². The van der Waals surface area contributed by atoms with Crippen molar-refractivity contribution in [3.8, 4) is 17.2 Å². The lowest BCUT2D eigenvalue weighted by atomic mass is 10.1. The molecule has 0 spiro atoms. The summed E-state index contributed by atoms with van der Waals surface area (Å²) in [6.45, 7) is 1.57. The normalized spacial score (nSPS) is 11.8. The van der Waals surface area contributed by atoms with Gasteiger partial charge < -0.3 is 25.3 Å². The van der Waals surface area contributed by atoms with E-state index < -0.39 is 5.97 Å². The van der Waals surface area contributed by atoms with Crippen LogP contribution in [0.3, 0.4) is 0 Å². The maximum Gasteiger partial charge on any atom is 0.337 e. The molecule has 0 atom stereocenters. The standard InChI is InChI=1S/C21H24N4O5/c1-25(2)9-5-3-4-8-22-11-13-15(27)10-16(28)20-18(13)24-19-14(26)7-6-12(21(29)30)17(19)23-20/h6-7,10-11,26-28H,3-5,8-9H2,1-2H3,(H,29,30)/b22-11+. The molecule has 158 valence electrons. The Kier molecular flexibility index (Phi) is 6.31. The Morgan fingerprint density at radius 3 is 2.37 bits per heavy atom. The van der Waals surface area contributed by atoms with Gasteiger partial charge in [-0.25, -0.2) is 14.8 Å². The van der Waals surface area contributed by atoms with E-state index in [4.69, 9.17) is 0 Å². The summed E-state index contributed by atoms with van der Waals surface area (Å²) in [5.74, 6) is -2.07. The summed E-state index contributed by atoms with van der Waals surface area (Å²) in [6, 6.07) is 3.55. The molecule has 0 bridgehead atoms. The average Bonchev–Trinajstić information content (AvgIpc) is 2.68. The zero-order chi connectivity index (χ0) is 21.8. The molecular formula is C21H24N4O5. The maximum atomic E-state index is 11.5. The van der Waals surface area contributed by atoms with Crippen LogP contribution in [-0.4, -0.2) is 74.7 Å². The molecule has 0 radical (unpaired) electrons. The summed E-state index contributed by atoms with van der Waals surface area (Å²) in [5, 5.41) is 40.0. The first kappa shape index (κ1) is 21.3. The van der Waals surface area contributed by atoms with Crippen LogP contribution in [0.2, 0.25) is 0 Å². The first-order valence-corrected chi connectivity index (χ1v) is 9.55. The van der Waals surface area contributed by atoms with Crippen LogP contribution in [0.5, 0.6) is 17.2 Å². The summed E-state index contributed by atoms with van der Waals surface area (Å²) in [4.78, 5) is 26.5. The van der Waals surface area contributed by atoms with Crippen molar-refractivity contribution in [3.05, 3.63) is 29.3 Å². The SMILES string of the molecule is CN(C)CCCCC/N=C/c1c(O)cc(O)c2nc3c(C(=O)O)ccc(O)c3nc12. The Hall–Kier alpha value is -3.46. The minimum atomic E-state index is -1.23. The zero-order valence-electron chi connectivity index (χ0n) is 16.8. The van der Waals surface area contributed by atoms with Gasteiger partial charge in [-0.2, -0.15) is 0 Å². The minimum absolute atomic E-state index is 0.0147. The third-order valence-corrected chi connectivity index (χ3v) is 4.69. The fraction of sp³-hybridized carbons (Fsp3) is 0.333. The van der Waals surface area contributed by atoms with Crippen molar-refractivity contribution < 1.29 is 25.2 Å². The third-order valence-electron chi connectivity index (χ3n) is 4.69. The topological polar surface area (TPSA) is 139 Å². The van der Waals surface area contributed by atoms with Crippen molar-refractivity contribution >= 4 is 34.3 Å². The molecular weight excluding hydrogens is 388 g/mol. The van der Waals surface area contributed by atoms with Crippen LogP contribution in [0.25, 0.3) is 22.1 Å². The Bertz CT molecular complexity index is 1130. The predicted octanol–water partition coefficient (Wildman–Crippen LogP) is 2.75. The van der Waals surface area contributed by atoms with Gasteiger partial charge in [0.1, 0.15) is 39.3 Å². The zero-order valence-corrected chi connectivity index (χ0v) is 16.8. The highest BCUT2D eigenvalue weighted by Gasteiger charge is 2.19. The summed E-state index contributed by atoms with van der Waals surface area (Å²) >= 11 is 0. The molecule has 0 saturated carbocycles. The number of carboxylic acid groups (broad SMARTS) is 1. The van der Waals surface area contributed by atoms with E-state index in [1.807, 2.05) is 14.1 Å². The number of aromatic nitrogens is 2. The third kappa shape index (κ3) is 4.41. The largest absolute Gasteiger partial charge is 0.507 e. The number of nitrogens with zero attached hydrogens (tertiary/aromatic N) is 4. The lowest BCUT2D eigenvalue weighted by Gasteiger charge is -2.10. The van der Waals surface area contributed by atoms with E-state index in [0.717, 1.165) is 31.9 Å². The Morgan fingerprint density at radius 1 is 0.967 bits per heavy atom. The molecule has 9 heteroatoms. The highest BCUT2D eigenvalue weighted by Crippen LogP contribution is 2.35. The van der Waals surface area contributed by atoms with Crippen molar-refractivity contribution in [2.75, 3.05) is 27.2 Å². The molecule has 0 fully saturated rings. The molecule has 30 heavy (non-hydrogen) atoms. The van der Waals surface area contributed by atoms with Gasteiger partial charge in [0.05, 0.1) is 11.1 Å². The number of benzene rings is 2. The minimum Gasteiger partial charge on any atom is -0.507 e. The fourth-order valence-corrected chi connectivity index (χ4v) is 3.15. The average molecular weight is 412 g/mol. The van der Waals surface area contributed by atoms with E-state index >= 15 is 0 Å². The van der Waals surface area contributed by atoms with Crippen LogP contribution in [0.15, 0.2) is 23.2 Å². The lowest BCUT2D eigenvalue weighted by Crippen LogP contribution is -2.12. The Balaban J connectivity index is 1.99. The smallest absolute Gasteiger partial charge is 0.337 e. The van der Waals surface area contributed by atoms with Crippen molar-refractivity contribution in [1.82, 2.24) is 14.9 Å². The lowest BCUT2D eigenvalue weighted by molar-refractivity contribution is 0.0699. The molecule has 0 aliphatic carbocycles. The van der Waals surface area contributed by atoms with E-state index in [2.05, 4.69) is 19.9 Å². The van der Waals surface area contributed by atoms with Crippen LogP contribution in [-0.2, 0) is 0 Å². The van der Waals surface area contributed by atoms with Gasteiger partial charge in [-0.05, 0) is 45.6 Å². The van der Waals surface area contributed by atoms with Gasteiger partial charge in [-0.3, -0.25) is 4.99 Å². The molecule has 0 unspecified atom stereocenters. The molecule has 4 N–H and O–H groups in total.